The van der Waals surface area contributed by atoms with Crippen molar-refractivity contribution in [1.29, 1.82) is 0 Å². The summed E-state index contributed by atoms with van der Waals surface area (Å²) in [4.78, 5) is 10.9. The normalized spacial score (nSPS) is 12.6. The van der Waals surface area contributed by atoms with Crippen molar-refractivity contribution >= 4 is 21.8 Å². The van der Waals surface area contributed by atoms with Crippen molar-refractivity contribution in [2.24, 2.45) is 0 Å². The van der Waals surface area contributed by atoms with E-state index in [1.807, 2.05) is 6.92 Å². The molecule has 0 bridgehead atoms. The first-order valence-electron chi connectivity index (χ1n) is 4.21. The van der Waals surface area contributed by atoms with Gasteiger partial charge in [0.15, 0.2) is 0 Å². The number of aliphatic hydroxyl groups is 1. The van der Waals surface area contributed by atoms with Crippen molar-refractivity contribution in [3.8, 4) is 0 Å². The van der Waals surface area contributed by atoms with Gasteiger partial charge in [0, 0.05) is 18.3 Å². The Balaban J connectivity index is 3.33. The van der Waals surface area contributed by atoms with Crippen molar-refractivity contribution < 1.29 is 9.90 Å². The molecule has 1 unspecified atom stereocenters. The molecule has 1 atom stereocenters. The molecule has 0 saturated carbocycles. The van der Waals surface area contributed by atoms with E-state index in [-0.39, 0.29) is 5.91 Å². The van der Waals surface area contributed by atoms with E-state index in [2.05, 4.69) is 21.2 Å². The number of rotatable bonds is 6. The van der Waals surface area contributed by atoms with Gasteiger partial charge < -0.3 is 10.4 Å². The molecule has 12 heavy (non-hydrogen) atoms. The van der Waals surface area contributed by atoms with E-state index < -0.39 is 6.10 Å². The van der Waals surface area contributed by atoms with E-state index in [9.17, 15) is 9.90 Å². The molecule has 0 aromatic heterocycles. The molecule has 0 saturated heterocycles. The maximum atomic E-state index is 10.9. The topological polar surface area (TPSA) is 49.3 Å². The van der Waals surface area contributed by atoms with Crippen LogP contribution in [0.25, 0.3) is 0 Å². The molecule has 0 spiro atoms. The highest BCUT2D eigenvalue weighted by Crippen LogP contribution is 1.94. The van der Waals surface area contributed by atoms with E-state index in [0.29, 0.717) is 18.3 Å². The Morgan fingerprint density at radius 1 is 1.67 bits per heavy atom. The van der Waals surface area contributed by atoms with Gasteiger partial charge in [-0.2, -0.15) is 0 Å². The molecule has 3 nitrogen and oxygen atoms in total. The minimum Gasteiger partial charge on any atom is -0.391 e. The van der Waals surface area contributed by atoms with Gasteiger partial charge in [-0.1, -0.05) is 29.3 Å². The first-order chi connectivity index (χ1) is 5.70. The van der Waals surface area contributed by atoms with Gasteiger partial charge in [-0.3, -0.25) is 4.79 Å². The van der Waals surface area contributed by atoms with Crippen LogP contribution in [0.3, 0.4) is 0 Å². The Kier molecular flexibility index (Phi) is 7.50. The van der Waals surface area contributed by atoms with E-state index in [1.54, 1.807) is 0 Å². The van der Waals surface area contributed by atoms with E-state index >= 15 is 0 Å². The van der Waals surface area contributed by atoms with Crippen LogP contribution in [0.4, 0.5) is 0 Å². The molecular weight excluding hydrogens is 222 g/mol. The van der Waals surface area contributed by atoms with E-state index in [1.165, 1.54) is 0 Å². The van der Waals surface area contributed by atoms with Gasteiger partial charge in [-0.15, -0.1) is 0 Å². The Labute approximate surface area is 81.7 Å². The molecule has 0 aromatic rings. The Morgan fingerprint density at radius 3 is 2.83 bits per heavy atom. The number of amides is 1. The van der Waals surface area contributed by atoms with Crippen LogP contribution in [-0.2, 0) is 4.79 Å². The number of aliphatic hydroxyl groups excluding tert-OH is 1. The zero-order valence-electron chi connectivity index (χ0n) is 7.35. The summed E-state index contributed by atoms with van der Waals surface area (Å²) in [5, 5.41) is 12.6. The SMILES string of the molecule is CCCC(O)CNC(=O)CCBr. The summed E-state index contributed by atoms with van der Waals surface area (Å²) < 4.78 is 0. The maximum Gasteiger partial charge on any atom is 0.220 e. The van der Waals surface area contributed by atoms with Gasteiger partial charge in [0.05, 0.1) is 6.10 Å². The van der Waals surface area contributed by atoms with Gasteiger partial charge in [0.1, 0.15) is 0 Å². The third kappa shape index (κ3) is 6.61. The molecule has 1 amide bonds. The monoisotopic (exact) mass is 237 g/mol. The molecule has 0 aliphatic heterocycles. The molecule has 0 aromatic carbocycles. The van der Waals surface area contributed by atoms with Crippen molar-refractivity contribution in [2.45, 2.75) is 32.3 Å². The predicted octanol–water partition coefficient (Wildman–Crippen LogP) is 1.05. The first-order valence-corrected chi connectivity index (χ1v) is 5.33. The van der Waals surface area contributed by atoms with E-state index in [0.717, 1.165) is 12.8 Å². The van der Waals surface area contributed by atoms with Gasteiger partial charge in [0.2, 0.25) is 5.91 Å². The standard InChI is InChI=1S/C8H16BrNO2/c1-2-3-7(11)6-10-8(12)4-5-9/h7,11H,2-6H2,1H3,(H,10,12). The molecular formula is C8H16BrNO2. The molecule has 0 aliphatic rings. The summed E-state index contributed by atoms with van der Waals surface area (Å²) in [7, 11) is 0. The Hall–Kier alpha value is -0.0900. The van der Waals surface area contributed by atoms with Crippen molar-refractivity contribution in [3.63, 3.8) is 0 Å². The number of halogens is 1. The summed E-state index contributed by atoms with van der Waals surface area (Å²) in [6.45, 7) is 2.38. The summed E-state index contributed by atoms with van der Waals surface area (Å²) >= 11 is 3.16. The van der Waals surface area contributed by atoms with Crippen molar-refractivity contribution in [2.75, 3.05) is 11.9 Å². The molecule has 0 rings (SSSR count). The average Bonchev–Trinajstić information content (AvgIpc) is 2.02. The highest BCUT2D eigenvalue weighted by Gasteiger charge is 2.04. The molecule has 0 heterocycles. The number of hydrogen-bond acceptors (Lipinski definition) is 2. The highest BCUT2D eigenvalue weighted by molar-refractivity contribution is 9.09. The highest BCUT2D eigenvalue weighted by atomic mass is 79.9. The second kappa shape index (κ2) is 7.55. The summed E-state index contributed by atoms with van der Waals surface area (Å²) in [5.41, 5.74) is 0. The fourth-order valence-corrected chi connectivity index (χ4v) is 1.20. The molecule has 0 aliphatic carbocycles. The summed E-state index contributed by atoms with van der Waals surface area (Å²) in [5.74, 6) is -0.0120. The average molecular weight is 238 g/mol. The lowest BCUT2D eigenvalue weighted by Crippen LogP contribution is -2.31. The number of alkyl halides is 1. The lowest BCUT2D eigenvalue weighted by Gasteiger charge is -2.09. The van der Waals surface area contributed by atoms with Gasteiger partial charge in [-0.25, -0.2) is 0 Å². The minimum atomic E-state index is -0.394. The number of carbonyl (C=O) groups is 1. The van der Waals surface area contributed by atoms with Crippen LogP contribution >= 0.6 is 15.9 Å². The first kappa shape index (κ1) is 11.9. The van der Waals surface area contributed by atoms with Gasteiger partial charge in [-0.05, 0) is 6.42 Å². The Morgan fingerprint density at radius 2 is 2.33 bits per heavy atom. The quantitative estimate of drug-likeness (QED) is 0.679. The van der Waals surface area contributed by atoms with Gasteiger partial charge in [0.25, 0.3) is 0 Å². The zero-order chi connectivity index (χ0) is 9.40. The predicted molar refractivity (Wildman–Crippen MR) is 52.3 cm³/mol. The smallest absolute Gasteiger partial charge is 0.220 e. The van der Waals surface area contributed by atoms with Crippen molar-refractivity contribution in [3.05, 3.63) is 0 Å². The van der Waals surface area contributed by atoms with Crippen molar-refractivity contribution in [1.82, 2.24) is 5.32 Å². The van der Waals surface area contributed by atoms with Crippen LogP contribution in [0.2, 0.25) is 0 Å². The van der Waals surface area contributed by atoms with E-state index in [4.69, 9.17) is 0 Å². The molecule has 0 fully saturated rings. The minimum absolute atomic E-state index is 0.0120. The maximum absolute atomic E-state index is 10.9. The molecule has 2 N–H and O–H groups in total. The summed E-state index contributed by atoms with van der Waals surface area (Å²) in [6.07, 6.45) is 1.76. The second-order valence-electron chi connectivity index (χ2n) is 2.69. The summed E-state index contributed by atoms with van der Waals surface area (Å²) in [6, 6.07) is 0. The largest absolute Gasteiger partial charge is 0.391 e. The van der Waals surface area contributed by atoms with Crippen LogP contribution in [0.5, 0.6) is 0 Å². The van der Waals surface area contributed by atoms with Crippen LogP contribution in [-0.4, -0.2) is 29.0 Å². The van der Waals surface area contributed by atoms with Crippen LogP contribution in [0.1, 0.15) is 26.2 Å². The van der Waals surface area contributed by atoms with Crippen LogP contribution in [0, 0.1) is 0 Å². The molecule has 4 heteroatoms. The third-order valence-electron chi connectivity index (χ3n) is 1.48. The number of nitrogens with one attached hydrogen (secondary N) is 1. The molecule has 72 valence electrons. The van der Waals surface area contributed by atoms with Gasteiger partial charge >= 0.3 is 0 Å². The van der Waals surface area contributed by atoms with Crippen LogP contribution in [0.15, 0.2) is 0 Å². The third-order valence-corrected chi connectivity index (χ3v) is 1.87. The zero-order valence-corrected chi connectivity index (χ0v) is 8.93. The fourth-order valence-electron chi connectivity index (χ4n) is 0.841. The number of carbonyl (C=O) groups excluding carboxylic acids is 1. The number of hydrogen-bond donors (Lipinski definition) is 2. The lowest BCUT2D eigenvalue weighted by atomic mass is 10.2. The molecule has 0 radical (unpaired) electrons. The van der Waals surface area contributed by atoms with Crippen LogP contribution < -0.4 is 5.32 Å². The fraction of sp³-hybridized carbons (Fsp3) is 0.875. The second-order valence-corrected chi connectivity index (χ2v) is 3.48. The Bertz CT molecular complexity index is 130. The lowest BCUT2D eigenvalue weighted by molar-refractivity contribution is -0.121.